The van der Waals surface area contributed by atoms with Crippen molar-refractivity contribution in [3.05, 3.63) is 23.3 Å². The van der Waals surface area contributed by atoms with Crippen LogP contribution in [0.4, 0.5) is 0 Å². The lowest BCUT2D eigenvalue weighted by atomic mass is 9.96. The zero-order chi connectivity index (χ0) is 15.3. The quantitative estimate of drug-likeness (QED) is 0.565. The van der Waals surface area contributed by atoms with E-state index in [1.54, 1.807) is 0 Å². The lowest BCUT2D eigenvalue weighted by molar-refractivity contribution is 0.00338. The minimum absolute atomic E-state index is 0.00361. The van der Waals surface area contributed by atoms with Crippen molar-refractivity contribution < 1.29 is 34.7 Å². The van der Waals surface area contributed by atoms with Crippen LogP contribution >= 0.6 is 0 Å². The number of methoxy groups -OCH3 is 2. The Hall–Kier alpha value is -1.83. The highest BCUT2D eigenvalue weighted by molar-refractivity contribution is 5.90. The summed E-state index contributed by atoms with van der Waals surface area (Å²) in [5.74, 6) is -0.823. The molecule has 2 unspecified atom stereocenters. The van der Waals surface area contributed by atoms with Crippen molar-refractivity contribution in [1.82, 2.24) is 0 Å². The summed E-state index contributed by atoms with van der Waals surface area (Å²) in [6.07, 6.45) is -2.81. The number of hydrogen-bond acceptors (Lipinski definition) is 6. The van der Waals surface area contributed by atoms with Crippen LogP contribution in [0.2, 0.25) is 0 Å². The standard InChI is InChI=1S/C13H18O7/c1-19-10-5-7(12(16)9(15)3-4-14)8(13(17)18)6-11(10)20-2/h5-6,9,12,14-16H,3-4H2,1-2H3,(H,17,18). The SMILES string of the molecule is COc1cc(C(=O)O)c(C(O)C(O)CCO)cc1OC. The molecule has 0 aliphatic carbocycles. The van der Waals surface area contributed by atoms with Crippen LogP contribution in [0, 0.1) is 0 Å². The van der Waals surface area contributed by atoms with Gasteiger partial charge in [-0.05, 0) is 18.6 Å². The molecular weight excluding hydrogens is 268 g/mol. The molecular formula is C13H18O7. The van der Waals surface area contributed by atoms with Gasteiger partial charge in [-0.2, -0.15) is 0 Å². The fourth-order valence-electron chi connectivity index (χ4n) is 1.82. The van der Waals surface area contributed by atoms with Gasteiger partial charge < -0.3 is 29.9 Å². The number of benzene rings is 1. The molecule has 0 heterocycles. The van der Waals surface area contributed by atoms with E-state index in [2.05, 4.69) is 0 Å². The van der Waals surface area contributed by atoms with Crippen LogP contribution in [-0.2, 0) is 0 Å². The molecule has 4 N–H and O–H groups in total. The molecule has 0 saturated heterocycles. The Balaban J connectivity index is 3.31. The van der Waals surface area contributed by atoms with Gasteiger partial charge in [0.25, 0.3) is 0 Å². The second kappa shape index (κ2) is 7.09. The van der Waals surface area contributed by atoms with Gasteiger partial charge in [-0.1, -0.05) is 0 Å². The summed E-state index contributed by atoms with van der Waals surface area (Å²) in [5, 5.41) is 37.6. The van der Waals surface area contributed by atoms with E-state index in [-0.39, 0.29) is 35.7 Å². The van der Waals surface area contributed by atoms with Gasteiger partial charge in [-0.15, -0.1) is 0 Å². The summed E-state index contributed by atoms with van der Waals surface area (Å²) in [6.45, 7) is -0.325. The smallest absolute Gasteiger partial charge is 0.336 e. The van der Waals surface area contributed by atoms with E-state index >= 15 is 0 Å². The average molecular weight is 286 g/mol. The molecule has 7 heteroatoms. The zero-order valence-electron chi connectivity index (χ0n) is 11.2. The predicted molar refractivity (Wildman–Crippen MR) is 69.2 cm³/mol. The van der Waals surface area contributed by atoms with E-state index in [1.165, 1.54) is 26.4 Å². The largest absolute Gasteiger partial charge is 0.493 e. The molecule has 0 radical (unpaired) electrons. The van der Waals surface area contributed by atoms with E-state index in [4.69, 9.17) is 14.6 Å². The minimum atomic E-state index is -1.45. The maximum absolute atomic E-state index is 11.2. The summed E-state index contributed by atoms with van der Waals surface area (Å²) < 4.78 is 10.0. The molecule has 20 heavy (non-hydrogen) atoms. The van der Waals surface area contributed by atoms with Gasteiger partial charge in [0.1, 0.15) is 6.10 Å². The molecule has 0 spiro atoms. The molecule has 0 amide bonds. The number of ether oxygens (including phenoxy) is 2. The Kier molecular flexibility index (Phi) is 5.75. The third-order valence-electron chi connectivity index (χ3n) is 2.89. The summed E-state index contributed by atoms with van der Waals surface area (Å²) in [7, 11) is 2.73. The van der Waals surface area contributed by atoms with Gasteiger partial charge in [0.05, 0.1) is 25.9 Å². The number of hydrogen-bond donors (Lipinski definition) is 4. The number of aliphatic hydroxyl groups excluding tert-OH is 3. The molecule has 0 aliphatic heterocycles. The Morgan fingerprint density at radius 3 is 2.20 bits per heavy atom. The number of aliphatic hydroxyl groups is 3. The van der Waals surface area contributed by atoms with Crippen LogP contribution in [0.1, 0.15) is 28.4 Å². The van der Waals surface area contributed by atoms with Crippen molar-refractivity contribution in [2.75, 3.05) is 20.8 Å². The van der Waals surface area contributed by atoms with Gasteiger partial charge in [-0.3, -0.25) is 0 Å². The highest BCUT2D eigenvalue weighted by Crippen LogP contribution is 2.34. The topological polar surface area (TPSA) is 116 Å². The lowest BCUT2D eigenvalue weighted by Gasteiger charge is -2.20. The molecule has 1 aromatic carbocycles. The summed E-state index contributed by atoms with van der Waals surface area (Å²) in [6, 6.07) is 2.51. The number of carboxylic acids is 1. The number of aromatic carboxylic acids is 1. The van der Waals surface area contributed by atoms with Gasteiger partial charge in [-0.25, -0.2) is 4.79 Å². The van der Waals surface area contributed by atoms with Crippen molar-refractivity contribution in [2.45, 2.75) is 18.6 Å². The van der Waals surface area contributed by atoms with Crippen LogP contribution in [0.5, 0.6) is 11.5 Å². The highest BCUT2D eigenvalue weighted by atomic mass is 16.5. The maximum atomic E-state index is 11.2. The molecule has 0 saturated carbocycles. The maximum Gasteiger partial charge on any atom is 0.336 e. The lowest BCUT2D eigenvalue weighted by Crippen LogP contribution is -2.22. The van der Waals surface area contributed by atoms with Crippen molar-refractivity contribution in [3.8, 4) is 11.5 Å². The molecule has 7 nitrogen and oxygen atoms in total. The van der Waals surface area contributed by atoms with E-state index in [9.17, 15) is 20.1 Å². The van der Waals surface area contributed by atoms with E-state index in [1.807, 2.05) is 0 Å². The monoisotopic (exact) mass is 286 g/mol. The van der Waals surface area contributed by atoms with Crippen LogP contribution in [0.25, 0.3) is 0 Å². The zero-order valence-corrected chi connectivity index (χ0v) is 11.2. The fourth-order valence-corrected chi connectivity index (χ4v) is 1.82. The Morgan fingerprint density at radius 2 is 1.75 bits per heavy atom. The number of carbonyl (C=O) groups is 1. The normalized spacial score (nSPS) is 13.7. The predicted octanol–water partition coefficient (Wildman–Crippen LogP) is 0.179. The third-order valence-corrected chi connectivity index (χ3v) is 2.89. The third kappa shape index (κ3) is 3.38. The molecule has 1 aromatic rings. The first kappa shape index (κ1) is 16.2. The molecule has 0 aromatic heterocycles. The van der Waals surface area contributed by atoms with Crippen LogP contribution in [0.15, 0.2) is 12.1 Å². The van der Waals surface area contributed by atoms with Crippen LogP contribution in [-0.4, -0.2) is 53.3 Å². The van der Waals surface area contributed by atoms with E-state index in [0.717, 1.165) is 0 Å². The second-order valence-electron chi connectivity index (χ2n) is 4.12. The summed E-state index contributed by atoms with van der Waals surface area (Å²) in [5.41, 5.74) is -0.205. The average Bonchev–Trinajstić information content (AvgIpc) is 2.44. The second-order valence-corrected chi connectivity index (χ2v) is 4.12. The van der Waals surface area contributed by atoms with Crippen LogP contribution < -0.4 is 9.47 Å². The molecule has 0 fully saturated rings. The van der Waals surface area contributed by atoms with E-state index < -0.39 is 18.2 Å². The summed E-state index contributed by atoms with van der Waals surface area (Å²) in [4.78, 5) is 11.2. The van der Waals surface area contributed by atoms with Crippen LogP contribution in [0.3, 0.4) is 0 Å². The first-order valence-electron chi connectivity index (χ1n) is 5.92. The van der Waals surface area contributed by atoms with Gasteiger partial charge >= 0.3 is 5.97 Å². The molecule has 2 atom stereocenters. The first-order chi connectivity index (χ1) is 9.46. The molecule has 112 valence electrons. The van der Waals surface area contributed by atoms with Crippen molar-refractivity contribution >= 4 is 5.97 Å². The van der Waals surface area contributed by atoms with Crippen molar-refractivity contribution in [2.24, 2.45) is 0 Å². The van der Waals surface area contributed by atoms with Gasteiger partial charge in [0.15, 0.2) is 11.5 Å². The Labute approximate surface area is 116 Å². The molecule has 0 aliphatic rings. The minimum Gasteiger partial charge on any atom is -0.493 e. The van der Waals surface area contributed by atoms with Crippen molar-refractivity contribution in [1.29, 1.82) is 0 Å². The highest BCUT2D eigenvalue weighted by Gasteiger charge is 2.25. The first-order valence-corrected chi connectivity index (χ1v) is 5.92. The Morgan fingerprint density at radius 1 is 1.20 bits per heavy atom. The Bertz CT molecular complexity index is 472. The van der Waals surface area contributed by atoms with Gasteiger partial charge in [0, 0.05) is 12.2 Å². The summed E-state index contributed by atoms with van der Waals surface area (Å²) >= 11 is 0. The molecule has 0 bridgehead atoms. The van der Waals surface area contributed by atoms with E-state index in [0.29, 0.717) is 0 Å². The van der Waals surface area contributed by atoms with Gasteiger partial charge in [0.2, 0.25) is 0 Å². The number of rotatable bonds is 7. The molecule has 1 rings (SSSR count). The van der Waals surface area contributed by atoms with Crippen molar-refractivity contribution in [3.63, 3.8) is 0 Å². The number of carboxylic acid groups (broad SMARTS) is 1. The fraction of sp³-hybridized carbons (Fsp3) is 0.462.